The predicted molar refractivity (Wildman–Crippen MR) is 88.6 cm³/mol. The summed E-state index contributed by atoms with van der Waals surface area (Å²) in [6.07, 6.45) is 3.15. The monoisotopic (exact) mass is 316 g/mol. The maximum atomic E-state index is 12.2. The first-order valence-electron chi connectivity index (χ1n) is 7.56. The molecular formula is C16H24N6O. The van der Waals surface area contributed by atoms with E-state index in [1.165, 1.54) is 6.33 Å². The first kappa shape index (κ1) is 17.1. The molecule has 7 heteroatoms. The molecule has 0 radical (unpaired) electrons. The quantitative estimate of drug-likeness (QED) is 0.693. The fraction of sp³-hybridized carbons (Fsp3) is 0.438. The molecule has 7 nitrogen and oxygen atoms in total. The summed E-state index contributed by atoms with van der Waals surface area (Å²) in [4.78, 5) is 16.1. The lowest BCUT2D eigenvalue weighted by molar-refractivity contribution is -0.126. The van der Waals surface area contributed by atoms with Crippen molar-refractivity contribution in [1.29, 1.82) is 0 Å². The van der Waals surface area contributed by atoms with Crippen molar-refractivity contribution in [3.63, 3.8) is 0 Å². The number of aromatic nitrogens is 3. The number of carbonyl (C=O) groups excluding carboxylic acids is 1. The smallest absolute Gasteiger partial charge is 0.251 e. The van der Waals surface area contributed by atoms with Crippen LogP contribution >= 0.6 is 0 Å². The number of likely N-dealkylation sites (N-methyl/N-ethyl adjacent to an activating group) is 1. The Labute approximate surface area is 136 Å². The Morgan fingerprint density at radius 2 is 1.96 bits per heavy atom. The van der Waals surface area contributed by atoms with Crippen LogP contribution in [0.5, 0.6) is 0 Å². The molecule has 1 atom stereocenters. The highest BCUT2D eigenvalue weighted by Crippen LogP contribution is 2.18. The van der Waals surface area contributed by atoms with Gasteiger partial charge >= 0.3 is 0 Å². The van der Waals surface area contributed by atoms with Crippen molar-refractivity contribution >= 4 is 5.91 Å². The molecule has 23 heavy (non-hydrogen) atoms. The lowest BCUT2D eigenvalue weighted by Gasteiger charge is -2.29. The van der Waals surface area contributed by atoms with E-state index < -0.39 is 0 Å². The average molecular weight is 316 g/mol. The van der Waals surface area contributed by atoms with Crippen molar-refractivity contribution < 1.29 is 4.79 Å². The van der Waals surface area contributed by atoms with Crippen molar-refractivity contribution in [2.45, 2.75) is 33.4 Å². The van der Waals surface area contributed by atoms with Gasteiger partial charge < -0.3 is 5.32 Å². The van der Waals surface area contributed by atoms with Gasteiger partial charge in [-0.25, -0.2) is 15.1 Å². The maximum absolute atomic E-state index is 12.2. The number of nitrogens with one attached hydrogen (secondary N) is 3. The molecule has 0 saturated heterocycles. The van der Waals surface area contributed by atoms with Gasteiger partial charge in [-0.15, -0.1) is 0 Å². The highest BCUT2D eigenvalue weighted by Gasteiger charge is 2.29. The van der Waals surface area contributed by atoms with Gasteiger partial charge in [0.25, 0.3) is 5.91 Å². The standard InChI is InChI=1S/C16H24N6O/c1-16(2,3)14(17-4)15(23)21-19-9-12-5-7-13(8-6-12)22-11-18-10-20-22/h5-8,10-11,14,17,19H,9H2,1-4H3,(H,21,23). The van der Waals surface area contributed by atoms with E-state index in [0.717, 1.165) is 11.3 Å². The van der Waals surface area contributed by atoms with Crippen LogP contribution in [0.25, 0.3) is 5.69 Å². The van der Waals surface area contributed by atoms with Crippen molar-refractivity contribution in [2.24, 2.45) is 5.41 Å². The van der Waals surface area contributed by atoms with Gasteiger partial charge in [0, 0.05) is 6.54 Å². The lowest BCUT2D eigenvalue weighted by atomic mass is 9.86. The van der Waals surface area contributed by atoms with Gasteiger partial charge in [-0.1, -0.05) is 32.9 Å². The third kappa shape index (κ3) is 4.61. The third-order valence-corrected chi connectivity index (χ3v) is 3.54. The van der Waals surface area contributed by atoms with Gasteiger partial charge in [0.2, 0.25) is 0 Å². The average Bonchev–Trinajstić information content (AvgIpc) is 3.01. The molecule has 2 rings (SSSR count). The van der Waals surface area contributed by atoms with Crippen molar-refractivity contribution in [3.8, 4) is 5.69 Å². The molecule has 1 aromatic carbocycles. The Bertz CT molecular complexity index is 615. The Hall–Kier alpha value is -2.25. The fourth-order valence-corrected chi connectivity index (χ4v) is 2.37. The molecule has 3 N–H and O–H groups in total. The van der Waals surface area contributed by atoms with E-state index in [4.69, 9.17) is 0 Å². The Balaban J connectivity index is 1.85. The zero-order chi connectivity index (χ0) is 16.9. The molecule has 1 amide bonds. The number of amides is 1. The Kier molecular flexibility index (Phi) is 5.46. The highest BCUT2D eigenvalue weighted by atomic mass is 16.2. The van der Waals surface area contributed by atoms with E-state index in [1.54, 1.807) is 18.1 Å². The molecule has 0 bridgehead atoms. The topological polar surface area (TPSA) is 83.9 Å². The van der Waals surface area contributed by atoms with Gasteiger partial charge in [0.05, 0.1) is 11.7 Å². The van der Waals surface area contributed by atoms with Crippen LogP contribution in [0.3, 0.4) is 0 Å². The molecule has 0 fully saturated rings. The number of nitrogens with zero attached hydrogens (tertiary/aromatic N) is 3. The summed E-state index contributed by atoms with van der Waals surface area (Å²) in [5.41, 5.74) is 7.57. The number of hydrazine groups is 1. The van der Waals surface area contributed by atoms with E-state index in [-0.39, 0.29) is 17.4 Å². The van der Waals surface area contributed by atoms with E-state index in [1.807, 2.05) is 45.0 Å². The van der Waals surface area contributed by atoms with Crippen molar-refractivity contribution in [3.05, 3.63) is 42.5 Å². The minimum Gasteiger partial charge on any atom is -0.308 e. The number of hydrogen-bond acceptors (Lipinski definition) is 5. The van der Waals surface area contributed by atoms with E-state index >= 15 is 0 Å². The van der Waals surface area contributed by atoms with Crippen LogP contribution in [0, 0.1) is 5.41 Å². The summed E-state index contributed by atoms with van der Waals surface area (Å²) in [6, 6.07) is 7.62. The molecule has 124 valence electrons. The third-order valence-electron chi connectivity index (χ3n) is 3.54. The van der Waals surface area contributed by atoms with Crippen LogP contribution in [0.15, 0.2) is 36.9 Å². The zero-order valence-electron chi connectivity index (χ0n) is 14.0. The molecule has 1 aromatic heterocycles. The molecular weight excluding hydrogens is 292 g/mol. The summed E-state index contributed by atoms with van der Waals surface area (Å²) >= 11 is 0. The second kappa shape index (κ2) is 7.34. The fourth-order valence-electron chi connectivity index (χ4n) is 2.37. The minimum atomic E-state index is -0.260. The van der Waals surface area contributed by atoms with Gasteiger partial charge in [0.1, 0.15) is 12.7 Å². The van der Waals surface area contributed by atoms with Gasteiger partial charge in [0.15, 0.2) is 0 Å². The van der Waals surface area contributed by atoms with Gasteiger partial charge in [-0.3, -0.25) is 10.2 Å². The minimum absolute atomic E-state index is 0.0702. The van der Waals surface area contributed by atoms with Crippen LogP contribution in [0.1, 0.15) is 26.3 Å². The van der Waals surface area contributed by atoms with E-state index in [2.05, 4.69) is 26.3 Å². The molecule has 2 aromatic rings. The summed E-state index contributed by atoms with van der Waals surface area (Å²) < 4.78 is 1.69. The Morgan fingerprint density at radius 1 is 1.26 bits per heavy atom. The molecule has 0 saturated carbocycles. The molecule has 0 aliphatic heterocycles. The summed E-state index contributed by atoms with van der Waals surface area (Å²) in [6.45, 7) is 6.62. The van der Waals surface area contributed by atoms with Crippen LogP contribution in [-0.2, 0) is 11.3 Å². The predicted octanol–water partition coefficient (Wildman–Crippen LogP) is 1.02. The van der Waals surface area contributed by atoms with E-state index in [9.17, 15) is 4.79 Å². The first-order chi connectivity index (χ1) is 10.9. The molecule has 0 spiro atoms. The normalized spacial score (nSPS) is 12.9. The highest BCUT2D eigenvalue weighted by molar-refractivity contribution is 5.82. The molecule has 1 heterocycles. The number of hydrogen-bond donors (Lipinski definition) is 3. The van der Waals surface area contributed by atoms with Crippen LogP contribution in [0.4, 0.5) is 0 Å². The second-order valence-corrected chi connectivity index (χ2v) is 6.44. The summed E-state index contributed by atoms with van der Waals surface area (Å²) in [7, 11) is 1.79. The van der Waals surface area contributed by atoms with Crippen LogP contribution in [-0.4, -0.2) is 33.8 Å². The van der Waals surface area contributed by atoms with Crippen LogP contribution in [0.2, 0.25) is 0 Å². The number of benzene rings is 1. The first-order valence-corrected chi connectivity index (χ1v) is 7.56. The largest absolute Gasteiger partial charge is 0.308 e. The van der Waals surface area contributed by atoms with E-state index in [0.29, 0.717) is 6.54 Å². The van der Waals surface area contributed by atoms with Crippen molar-refractivity contribution in [1.82, 2.24) is 30.9 Å². The molecule has 0 aliphatic carbocycles. The summed E-state index contributed by atoms with van der Waals surface area (Å²) in [5, 5.41) is 7.13. The lowest BCUT2D eigenvalue weighted by Crippen LogP contribution is -2.53. The molecule has 1 unspecified atom stereocenters. The Morgan fingerprint density at radius 3 is 2.48 bits per heavy atom. The van der Waals surface area contributed by atoms with Crippen molar-refractivity contribution in [2.75, 3.05) is 7.05 Å². The summed E-state index contributed by atoms with van der Waals surface area (Å²) in [5.74, 6) is -0.0702. The molecule has 0 aliphatic rings. The number of rotatable bonds is 6. The maximum Gasteiger partial charge on any atom is 0.251 e. The zero-order valence-corrected chi connectivity index (χ0v) is 14.0. The van der Waals surface area contributed by atoms with Gasteiger partial charge in [-0.2, -0.15) is 5.10 Å². The second-order valence-electron chi connectivity index (χ2n) is 6.44. The number of carbonyl (C=O) groups is 1. The van der Waals surface area contributed by atoms with Crippen LogP contribution < -0.4 is 16.2 Å². The SMILES string of the molecule is CNC(C(=O)NNCc1ccc(-n2cncn2)cc1)C(C)(C)C. The van der Waals surface area contributed by atoms with Gasteiger partial charge in [-0.05, 0) is 30.2 Å².